The minimum absolute atomic E-state index is 0.185. The summed E-state index contributed by atoms with van der Waals surface area (Å²) in [6.45, 7) is 1.71. The summed E-state index contributed by atoms with van der Waals surface area (Å²) in [5.74, 6) is -0.644. The van der Waals surface area contributed by atoms with Gasteiger partial charge in [0.05, 0.1) is 6.61 Å². The lowest BCUT2D eigenvalue weighted by Crippen LogP contribution is -2.34. The van der Waals surface area contributed by atoms with Crippen LogP contribution in [0, 0.1) is 0 Å². The number of halogens is 1. The van der Waals surface area contributed by atoms with Gasteiger partial charge in [0.2, 0.25) is 0 Å². The van der Waals surface area contributed by atoms with E-state index in [0.29, 0.717) is 13.0 Å². The van der Waals surface area contributed by atoms with Crippen molar-refractivity contribution in [2.75, 3.05) is 6.61 Å². The molecule has 1 saturated heterocycles. The Morgan fingerprint density at radius 3 is 2.60 bits per heavy atom. The van der Waals surface area contributed by atoms with Crippen LogP contribution >= 0.6 is 15.9 Å². The Morgan fingerprint density at radius 1 is 1.80 bits per heavy atom. The molecule has 1 rings (SSSR count). The van der Waals surface area contributed by atoms with Crippen molar-refractivity contribution >= 4 is 27.7 Å². The Hall–Kier alpha value is -0.380. The summed E-state index contributed by atoms with van der Waals surface area (Å²) < 4.78 is 3.59. The lowest BCUT2D eigenvalue weighted by atomic mass is 10.0. The van der Waals surface area contributed by atoms with Crippen LogP contribution in [-0.4, -0.2) is 22.7 Å². The lowest BCUT2D eigenvalue weighted by Gasteiger charge is -2.10. The highest BCUT2D eigenvalue weighted by Crippen LogP contribution is 2.30. The van der Waals surface area contributed by atoms with Gasteiger partial charge in [0.1, 0.15) is 0 Å². The van der Waals surface area contributed by atoms with Gasteiger partial charge >= 0.3 is 5.97 Å². The summed E-state index contributed by atoms with van der Waals surface area (Å²) in [6.07, 6.45) is 0.446. The van der Waals surface area contributed by atoms with Crippen LogP contribution in [0.3, 0.4) is 0 Å². The highest BCUT2D eigenvalue weighted by atomic mass is 79.9. The average Bonchev–Trinajstić information content (AvgIpc) is 2.15. The van der Waals surface area contributed by atoms with Crippen LogP contribution in [0.15, 0.2) is 0 Å². The van der Waals surface area contributed by atoms with E-state index in [2.05, 4.69) is 20.7 Å². The molecule has 0 radical (unpaired) electrons. The molecule has 1 atom stereocenters. The zero-order valence-electron chi connectivity index (χ0n) is 5.52. The molecule has 1 aliphatic heterocycles. The molecule has 0 aromatic heterocycles. The van der Waals surface area contributed by atoms with Gasteiger partial charge in [-0.3, -0.25) is 9.59 Å². The molecule has 4 heteroatoms. The molecule has 1 unspecified atom stereocenters. The third-order valence-electron chi connectivity index (χ3n) is 1.56. The average molecular weight is 207 g/mol. The molecule has 0 bridgehead atoms. The van der Waals surface area contributed by atoms with Gasteiger partial charge in [-0.1, -0.05) is 15.9 Å². The second-order valence-corrected chi connectivity index (χ2v) is 3.60. The number of ketones is 1. The summed E-state index contributed by atoms with van der Waals surface area (Å²) >= 11 is 3.05. The van der Waals surface area contributed by atoms with Crippen LogP contribution in [0.1, 0.15) is 13.3 Å². The first-order valence-corrected chi connectivity index (χ1v) is 3.74. The van der Waals surface area contributed by atoms with E-state index in [-0.39, 0.29) is 5.78 Å². The van der Waals surface area contributed by atoms with Crippen molar-refractivity contribution in [2.24, 2.45) is 0 Å². The van der Waals surface area contributed by atoms with E-state index in [0.717, 1.165) is 0 Å². The Kier molecular flexibility index (Phi) is 1.81. The molecule has 1 fully saturated rings. The Balaban J connectivity index is 2.86. The lowest BCUT2D eigenvalue weighted by molar-refractivity contribution is -0.142. The normalized spacial score (nSPS) is 32.0. The first-order valence-electron chi connectivity index (χ1n) is 2.94. The van der Waals surface area contributed by atoms with Crippen LogP contribution in [0.2, 0.25) is 0 Å². The standard InChI is InChI=1S/C6H7BrO3/c1-4(8)6(7)2-3-10-5(6)9/h2-3H2,1H3. The van der Waals surface area contributed by atoms with Gasteiger partial charge in [-0.25, -0.2) is 0 Å². The first-order chi connectivity index (χ1) is 4.57. The number of hydrogen-bond donors (Lipinski definition) is 0. The fourth-order valence-electron chi connectivity index (χ4n) is 0.821. The number of rotatable bonds is 1. The maximum absolute atomic E-state index is 10.8. The molecular weight excluding hydrogens is 200 g/mol. The van der Waals surface area contributed by atoms with Gasteiger partial charge in [0, 0.05) is 6.42 Å². The van der Waals surface area contributed by atoms with Gasteiger partial charge in [0.25, 0.3) is 0 Å². The molecule has 1 aliphatic rings. The van der Waals surface area contributed by atoms with Crippen molar-refractivity contribution in [2.45, 2.75) is 17.7 Å². The molecule has 0 aliphatic carbocycles. The van der Waals surface area contributed by atoms with Gasteiger partial charge in [-0.05, 0) is 6.92 Å². The number of carbonyl (C=O) groups excluding carboxylic acids is 2. The molecule has 1 heterocycles. The van der Waals surface area contributed by atoms with Crippen molar-refractivity contribution in [1.29, 1.82) is 0 Å². The van der Waals surface area contributed by atoms with E-state index < -0.39 is 10.3 Å². The van der Waals surface area contributed by atoms with Crippen LogP contribution in [0.25, 0.3) is 0 Å². The predicted molar refractivity (Wildman–Crippen MR) is 37.9 cm³/mol. The first kappa shape index (κ1) is 7.72. The highest BCUT2D eigenvalue weighted by Gasteiger charge is 2.46. The molecule has 56 valence electrons. The number of carbonyl (C=O) groups is 2. The maximum Gasteiger partial charge on any atom is 0.330 e. The molecule has 0 spiro atoms. The fourth-order valence-corrected chi connectivity index (χ4v) is 1.10. The largest absolute Gasteiger partial charge is 0.464 e. The zero-order valence-corrected chi connectivity index (χ0v) is 7.10. The number of hydrogen-bond acceptors (Lipinski definition) is 3. The minimum Gasteiger partial charge on any atom is -0.464 e. The SMILES string of the molecule is CC(=O)C1(Br)CCOC1=O. The third-order valence-corrected chi connectivity index (χ3v) is 2.84. The maximum atomic E-state index is 10.8. The molecular formula is C6H7BrO3. The number of ether oxygens (including phenoxy) is 1. The zero-order chi connectivity index (χ0) is 7.78. The van der Waals surface area contributed by atoms with Crippen molar-refractivity contribution in [3.05, 3.63) is 0 Å². The second-order valence-electron chi connectivity index (χ2n) is 2.24. The van der Waals surface area contributed by atoms with Crippen molar-refractivity contribution in [3.8, 4) is 0 Å². The predicted octanol–water partition coefficient (Wildman–Crippen LogP) is 0.656. The van der Waals surface area contributed by atoms with E-state index in [4.69, 9.17) is 0 Å². The molecule has 0 saturated carbocycles. The van der Waals surface area contributed by atoms with Crippen LogP contribution < -0.4 is 0 Å². The van der Waals surface area contributed by atoms with Crippen LogP contribution in [0.4, 0.5) is 0 Å². The Bertz CT molecular complexity index is 189. The molecule has 0 aromatic rings. The number of Topliss-reactive ketones (excluding diaryl/α,β-unsaturated/α-hetero) is 1. The van der Waals surface area contributed by atoms with Gasteiger partial charge < -0.3 is 4.74 Å². The number of esters is 1. The van der Waals surface area contributed by atoms with Crippen molar-refractivity contribution in [3.63, 3.8) is 0 Å². The number of alkyl halides is 1. The number of cyclic esters (lactones) is 1. The third kappa shape index (κ3) is 0.963. The second kappa shape index (κ2) is 2.34. The van der Waals surface area contributed by atoms with Crippen LogP contribution in [0.5, 0.6) is 0 Å². The van der Waals surface area contributed by atoms with Crippen molar-refractivity contribution in [1.82, 2.24) is 0 Å². The van der Waals surface area contributed by atoms with E-state index in [1.165, 1.54) is 6.92 Å². The van der Waals surface area contributed by atoms with Gasteiger partial charge in [-0.2, -0.15) is 0 Å². The van der Waals surface area contributed by atoms with E-state index in [1.54, 1.807) is 0 Å². The van der Waals surface area contributed by atoms with E-state index >= 15 is 0 Å². The smallest absolute Gasteiger partial charge is 0.330 e. The minimum atomic E-state index is -1.03. The highest BCUT2D eigenvalue weighted by molar-refractivity contribution is 9.10. The van der Waals surface area contributed by atoms with E-state index in [9.17, 15) is 9.59 Å². The summed E-state index contributed by atoms with van der Waals surface area (Å²) in [6, 6.07) is 0. The van der Waals surface area contributed by atoms with Gasteiger partial charge in [-0.15, -0.1) is 0 Å². The van der Waals surface area contributed by atoms with Crippen molar-refractivity contribution < 1.29 is 14.3 Å². The summed E-state index contributed by atoms with van der Waals surface area (Å²) in [4.78, 5) is 21.7. The monoisotopic (exact) mass is 206 g/mol. The summed E-state index contributed by atoms with van der Waals surface area (Å²) in [5, 5.41) is 0. The molecule has 0 N–H and O–H groups in total. The van der Waals surface area contributed by atoms with E-state index in [1.807, 2.05) is 0 Å². The molecule has 3 nitrogen and oxygen atoms in total. The molecule has 0 amide bonds. The van der Waals surface area contributed by atoms with Crippen LogP contribution in [-0.2, 0) is 14.3 Å². The quantitative estimate of drug-likeness (QED) is 0.360. The summed E-state index contributed by atoms with van der Waals surface area (Å²) in [5.41, 5.74) is 0. The Labute approximate surface area is 66.9 Å². The fraction of sp³-hybridized carbons (Fsp3) is 0.667. The summed E-state index contributed by atoms with van der Waals surface area (Å²) in [7, 11) is 0. The molecule has 10 heavy (non-hydrogen) atoms. The molecule has 0 aromatic carbocycles. The topological polar surface area (TPSA) is 43.4 Å². The van der Waals surface area contributed by atoms with Gasteiger partial charge in [0.15, 0.2) is 10.1 Å². The Morgan fingerprint density at radius 2 is 2.40 bits per heavy atom.